The smallest absolute Gasteiger partial charge is 0.156 e. The minimum Gasteiger partial charge on any atom is -0.167 e. The maximum atomic E-state index is 6.88. The summed E-state index contributed by atoms with van der Waals surface area (Å²) < 4.78 is 0. The highest BCUT2D eigenvalue weighted by Crippen LogP contribution is 2.49. The van der Waals surface area contributed by atoms with Gasteiger partial charge in [0.2, 0.25) is 0 Å². The van der Waals surface area contributed by atoms with Gasteiger partial charge in [-0.05, 0) is 15.7 Å². The van der Waals surface area contributed by atoms with Crippen molar-refractivity contribution in [2.75, 3.05) is 0 Å². The predicted molar refractivity (Wildman–Crippen MR) is 79.2 cm³/mol. The molecule has 0 spiro atoms. The summed E-state index contributed by atoms with van der Waals surface area (Å²) in [5, 5.41) is 0.769. The van der Waals surface area contributed by atoms with E-state index in [9.17, 15) is 0 Å². The normalized spacial score (nSPS) is 18.8. The van der Waals surface area contributed by atoms with Crippen LogP contribution >= 0.6 is 11.1 Å². The molecule has 0 radical (unpaired) electrons. The van der Waals surface area contributed by atoms with E-state index in [1.807, 2.05) is 0 Å². The number of halogens is 1. The predicted octanol–water partition coefficient (Wildman–Crippen LogP) is 5.65. The molecule has 1 atom stereocenters. The zero-order valence-electron chi connectivity index (χ0n) is 12.1. The monoisotopic (exact) mass is 264 g/mol. The Morgan fingerprint density at radius 2 is 1.13 bits per heavy atom. The van der Waals surface area contributed by atoms with Gasteiger partial charge >= 0.3 is 0 Å². The lowest BCUT2D eigenvalue weighted by Gasteiger charge is -2.45. The van der Waals surface area contributed by atoms with E-state index >= 15 is 0 Å². The molecule has 0 saturated carbocycles. The molecule has 0 aromatic rings. The summed E-state index contributed by atoms with van der Waals surface area (Å²) in [6.45, 7) is 21.4. The van der Waals surface area contributed by atoms with E-state index in [2.05, 4.69) is 61.2 Å². The van der Waals surface area contributed by atoms with E-state index in [1.54, 1.807) is 0 Å². The first-order chi connectivity index (χ1) is 6.21. The molecule has 0 rings (SSSR count). The van der Waals surface area contributed by atoms with E-state index in [1.165, 1.54) is 5.67 Å². The number of hydrogen-bond acceptors (Lipinski definition) is 0. The highest BCUT2D eigenvalue weighted by Gasteiger charge is 2.47. The molecule has 3 heteroatoms. The molecule has 1 unspecified atom stereocenters. The summed E-state index contributed by atoms with van der Waals surface area (Å²) >= 11 is 6.88. The van der Waals surface area contributed by atoms with Gasteiger partial charge in [-0.15, -0.1) is 0 Å². The molecule has 92 valence electrons. The maximum absolute atomic E-state index is 6.88. The van der Waals surface area contributed by atoms with Crippen LogP contribution in [-0.2, 0) is 0 Å². The van der Waals surface area contributed by atoms with Crippen molar-refractivity contribution < 1.29 is 0 Å². The minimum absolute atomic E-state index is 0.310. The first-order valence-corrected chi connectivity index (χ1v) is 12.8. The summed E-state index contributed by atoms with van der Waals surface area (Å²) in [6.07, 6.45) is 0. The van der Waals surface area contributed by atoms with Crippen LogP contribution in [-0.4, -0.2) is 15.5 Å². The first kappa shape index (κ1) is 15.7. The van der Waals surface area contributed by atoms with Crippen molar-refractivity contribution >= 4 is 26.5 Å². The Bertz CT molecular complexity index is 195. The molecule has 0 aliphatic carbocycles. The molecule has 0 heterocycles. The second-order valence-electron chi connectivity index (χ2n) is 7.76. The zero-order chi connectivity index (χ0) is 12.7. The fourth-order valence-corrected chi connectivity index (χ4v) is 15.2. The van der Waals surface area contributed by atoms with Crippen molar-refractivity contribution in [2.45, 2.75) is 76.9 Å². The molecular formula is C12H29ClSi2. The van der Waals surface area contributed by atoms with Crippen LogP contribution in [0, 0.1) is 0 Å². The van der Waals surface area contributed by atoms with Gasteiger partial charge in [0.1, 0.15) is 0 Å². The third-order valence-corrected chi connectivity index (χ3v) is 20.7. The van der Waals surface area contributed by atoms with Crippen LogP contribution in [0.4, 0.5) is 0 Å². The van der Waals surface area contributed by atoms with Crippen LogP contribution < -0.4 is 0 Å². The SMILES string of the molecule is CC(C)(C)[Si](C)(C)C[Si](C)(Cl)C(C)(C)C. The summed E-state index contributed by atoms with van der Waals surface area (Å²) in [4.78, 5) is 0. The van der Waals surface area contributed by atoms with Gasteiger partial charge in [-0.1, -0.05) is 61.2 Å². The minimum atomic E-state index is -1.62. The highest BCUT2D eigenvalue weighted by molar-refractivity contribution is 7.25. The van der Waals surface area contributed by atoms with Gasteiger partial charge in [0, 0.05) is 0 Å². The lowest BCUT2D eigenvalue weighted by atomic mass is 10.2. The molecule has 0 fully saturated rings. The average molecular weight is 265 g/mol. The second kappa shape index (κ2) is 4.19. The van der Waals surface area contributed by atoms with E-state index in [0.717, 1.165) is 0 Å². The van der Waals surface area contributed by atoms with E-state index < -0.39 is 15.5 Å². The second-order valence-corrected chi connectivity index (χ2v) is 20.8. The fourth-order valence-electron chi connectivity index (χ4n) is 1.36. The third-order valence-electron chi connectivity index (χ3n) is 4.37. The molecule has 0 aromatic heterocycles. The Morgan fingerprint density at radius 3 is 1.33 bits per heavy atom. The van der Waals surface area contributed by atoms with Gasteiger partial charge in [0.15, 0.2) is 7.38 Å². The molecule has 0 aromatic carbocycles. The Morgan fingerprint density at radius 1 is 0.800 bits per heavy atom. The maximum Gasteiger partial charge on any atom is 0.156 e. The fraction of sp³-hybridized carbons (Fsp3) is 1.00. The van der Waals surface area contributed by atoms with Gasteiger partial charge in [-0.3, -0.25) is 0 Å². The third kappa shape index (κ3) is 3.90. The Kier molecular flexibility index (Phi) is 4.39. The van der Waals surface area contributed by atoms with Crippen molar-refractivity contribution in [3.8, 4) is 0 Å². The Balaban J connectivity index is 4.89. The summed E-state index contributed by atoms with van der Waals surface area (Å²) in [5.74, 6) is 0. The van der Waals surface area contributed by atoms with Crippen molar-refractivity contribution in [3.05, 3.63) is 0 Å². The van der Waals surface area contributed by atoms with Crippen LogP contribution in [0.15, 0.2) is 0 Å². The lowest BCUT2D eigenvalue weighted by Crippen LogP contribution is -2.48. The number of hydrogen-bond donors (Lipinski definition) is 0. The summed E-state index contributed by atoms with van der Waals surface area (Å²) in [7, 11) is -2.84. The van der Waals surface area contributed by atoms with Crippen molar-refractivity contribution in [2.24, 2.45) is 0 Å². The van der Waals surface area contributed by atoms with Gasteiger partial charge < -0.3 is 0 Å². The van der Waals surface area contributed by atoms with Crippen molar-refractivity contribution in [3.63, 3.8) is 0 Å². The van der Waals surface area contributed by atoms with Crippen LogP contribution in [0.25, 0.3) is 0 Å². The zero-order valence-corrected chi connectivity index (χ0v) is 14.8. The van der Waals surface area contributed by atoms with Gasteiger partial charge in [0.05, 0.1) is 8.07 Å². The molecule has 0 N–H and O–H groups in total. The van der Waals surface area contributed by atoms with Gasteiger partial charge in [-0.25, -0.2) is 0 Å². The molecule has 0 saturated heterocycles. The summed E-state index contributed by atoms with van der Waals surface area (Å²) in [6, 6.07) is 0. The standard InChI is InChI=1S/C12H29ClSi2/c1-11(2,3)14(7,8)10-15(9,13)12(4,5)6/h10H2,1-9H3. The largest absolute Gasteiger partial charge is 0.167 e. The highest BCUT2D eigenvalue weighted by atomic mass is 35.6. The quantitative estimate of drug-likeness (QED) is 0.447. The number of rotatable bonds is 2. The van der Waals surface area contributed by atoms with Gasteiger partial charge in [-0.2, -0.15) is 11.1 Å². The summed E-state index contributed by atoms with van der Waals surface area (Å²) in [5.41, 5.74) is 1.31. The Labute approximate surface area is 104 Å². The Hall–Kier alpha value is 0.724. The van der Waals surface area contributed by atoms with Crippen molar-refractivity contribution in [1.82, 2.24) is 0 Å². The lowest BCUT2D eigenvalue weighted by molar-refractivity contribution is 0.708. The molecule has 15 heavy (non-hydrogen) atoms. The van der Waals surface area contributed by atoms with Crippen LogP contribution in [0.2, 0.25) is 35.4 Å². The average Bonchev–Trinajstić information content (AvgIpc) is 1.77. The van der Waals surface area contributed by atoms with E-state index in [4.69, 9.17) is 11.1 Å². The molecule has 0 aliphatic rings. The topological polar surface area (TPSA) is 0 Å². The van der Waals surface area contributed by atoms with Gasteiger partial charge in [0.25, 0.3) is 0 Å². The van der Waals surface area contributed by atoms with Crippen LogP contribution in [0.3, 0.4) is 0 Å². The molecule has 0 bridgehead atoms. The first-order valence-electron chi connectivity index (χ1n) is 5.90. The van der Waals surface area contributed by atoms with Crippen LogP contribution in [0.5, 0.6) is 0 Å². The van der Waals surface area contributed by atoms with Crippen molar-refractivity contribution in [1.29, 1.82) is 0 Å². The van der Waals surface area contributed by atoms with Crippen LogP contribution in [0.1, 0.15) is 41.5 Å². The molecular weight excluding hydrogens is 236 g/mol. The molecule has 0 amide bonds. The van der Waals surface area contributed by atoms with E-state index in [-0.39, 0.29) is 0 Å². The molecule has 0 aliphatic heterocycles. The molecule has 0 nitrogen and oxygen atoms in total. The van der Waals surface area contributed by atoms with E-state index in [0.29, 0.717) is 10.1 Å².